The number of anilines is 1. The van der Waals surface area contributed by atoms with Crippen LogP contribution in [0, 0.1) is 5.82 Å². The molecule has 0 bridgehead atoms. The molecule has 0 saturated heterocycles. The third-order valence-electron chi connectivity index (χ3n) is 5.38. The molecular weight excluding hydrogens is 536 g/mol. The van der Waals surface area contributed by atoms with Crippen LogP contribution in [0.1, 0.15) is 24.9 Å². The van der Waals surface area contributed by atoms with Gasteiger partial charge in [-0.25, -0.2) is 17.5 Å². The summed E-state index contributed by atoms with van der Waals surface area (Å²) >= 11 is 18.3. The SMILES string of the molecule is CCOc1ccc([C@@H]2CC(CNS(=O)(=O)c3cccc(Cl)c3F)=NN2c2ccc(Cl)cc2Cl)cc1. The molecule has 0 saturated carbocycles. The summed E-state index contributed by atoms with van der Waals surface area (Å²) in [5, 5.41) is 6.99. The van der Waals surface area contributed by atoms with Gasteiger partial charge in [0.15, 0.2) is 5.82 Å². The predicted octanol–water partition coefficient (Wildman–Crippen LogP) is 6.47. The molecule has 35 heavy (non-hydrogen) atoms. The van der Waals surface area contributed by atoms with Gasteiger partial charge in [-0.1, -0.05) is 53.0 Å². The van der Waals surface area contributed by atoms with Gasteiger partial charge < -0.3 is 4.74 Å². The standard InChI is InChI=1S/C24H21Cl3FN3O3S/c1-2-34-18-9-6-15(7-10-18)22-13-17(30-31(22)21-11-8-16(25)12-20(21)27)14-29-35(32,33)23-5-3-4-19(26)24(23)28/h3-12,22,29H,2,13-14H2,1H3/t22-/m0/s1. The quantitative estimate of drug-likeness (QED) is 0.345. The molecule has 6 nitrogen and oxygen atoms in total. The van der Waals surface area contributed by atoms with Crippen LogP contribution < -0.4 is 14.5 Å². The first-order valence-corrected chi connectivity index (χ1v) is 13.3. The summed E-state index contributed by atoms with van der Waals surface area (Å²) in [7, 11) is -4.16. The van der Waals surface area contributed by atoms with E-state index in [0.717, 1.165) is 17.4 Å². The summed E-state index contributed by atoms with van der Waals surface area (Å²) in [6.45, 7) is 2.34. The second-order valence-corrected chi connectivity index (χ2v) is 10.7. The van der Waals surface area contributed by atoms with E-state index in [2.05, 4.69) is 9.82 Å². The average Bonchev–Trinajstić information content (AvgIpc) is 3.24. The smallest absolute Gasteiger partial charge is 0.243 e. The Bertz CT molecular complexity index is 1370. The number of hydrogen-bond donors (Lipinski definition) is 1. The number of nitrogens with one attached hydrogen (secondary N) is 1. The van der Waals surface area contributed by atoms with E-state index in [-0.39, 0.29) is 17.6 Å². The third-order valence-corrected chi connectivity index (χ3v) is 7.63. The van der Waals surface area contributed by atoms with Gasteiger partial charge in [0.2, 0.25) is 10.0 Å². The Labute approximate surface area is 218 Å². The minimum Gasteiger partial charge on any atom is -0.494 e. The van der Waals surface area contributed by atoms with Crippen LogP contribution in [0.2, 0.25) is 15.1 Å². The highest BCUT2D eigenvalue weighted by molar-refractivity contribution is 7.89. The number of hydrazone groups is 1. The molecule has 1 N–H and O–H groups in total. The highest BCUT2D eigenvalue weighted by Crippen LogP contribution is 2.40. The lowest BCUT2D eigenvalue weighted by Crippen LogP contribution is -2.30. The van der Waals surface area contributed by atoms with Gasteiger partial charge in [0.05, 0.1) is 40.6 Å². The van der Waals surface area contributed by atoms with E-state index in [4.69, 9.17) is 39.5 Å². The van der Waals surface area contributed by atoms with Gasteiger partial charge in [0.1, 0.15) is 10.6 Å². The van der Waals surface area contributed by atoms with Crippen LogP contribution in [-0.2, 0) is 10.0 Å². The first kappa shape index (κ1) is 25.7. The summed E-state index contributed by atoms with van der Waals surface area (Å²) in [4.78, 5) is -0.524. The number of halogens is 4. The van der Waals surface area contributed by atoms with Gasteiger partial charge >= 0.3 is 0 Å². The summed E-state index contributed by atoms with van der Waals surface area (Å²) in [6.07, 6.45) is 0.410. The Hall–Kier alpha value is -2.36. The monoisotopic (exact) mass is 555 g/mol. The largest absolute Gasteiger partial charge is 0.494 e. The number of nitrogens with zero attached hydrogens (tertiary/aromatic N) is 2. The van der Waals surface area contributed by atoms with Gasteiger partial charge in [-0.3, -0.25) is 5.01 Å². The fourth-order valence-electron chi connectivity index (χ4n) is 3.73. The maximum Gasteiger partial charge on any atom is 0.243 e. The van der Waals surface area contributed by atoms with Gasteiger partial charge in [0, 0.05) is 11.4 Å². The van der Waals surface area contributed by atoms with E-state index in [1.54, 1.807) is 23.2 Å². The van der Waals surface area contributed by atoms with Crippen LogP contribution in [0.15, 0.2) is 70.7 Å². The molecule has 0 spiro atoms. The van der Waals surface area contributed by atoms with Crippen molar-refractivity contribution >= 4 is 56.2 Å². The molecule has 1 heterocycles. The molecule has 3 aromatic carbocycles. The average molecular weight is 557 g/mol. The fraction of sp³-hybridized carbons (Fsp3) is 0.208. The lowest BCUT2D eigenvalue weighted by Gasteiger charge is -2.25. The molecule has 1 aliphatic rings. The first-order chi connectivity index (χ1) is 16.7. The zero-order valence-electron chi connectivity index (χ0n) is 18.5. The number of ether oxygens (including phenoxy) is 1. The second kappa shape index (κ2) is 10.7. The molecule has 1 aliphatic heterocycles. The van der Waals surface area contributed by atoms with Crippen molar-refractivity contribution in [3.8, 4) is 5.75 Å². The Balaban J connectivity index is 1.62. The van der Waals surface area contributed by atoms with Crippen molar-refractivity contribution in [3.05, 3.63) is 87.1 Å². The van der Waals surface area contributed by atoms with Gasteiger partial charge in [0.25, 0.3) is 0 Å². The molecule has 0 aliphatic carbocycles. The van der Waals surface area contributed by atoms with Gasteiger partial charge in [-0.05, 0) is 55.0 Å². The Kier molecular flexibility index (Phi) is 7.88. The number of rotatable bonds is 8. The van der Waals surface area contributed by atoms with E-state index >= 15 is 0 Å². The van der Waals surface area contributed by atoms with Gasteiger partial charge in [-0.2, -0.15) is 5.10 Å². The van der Waals surface area contributed by atoms with Crippen LogP contribution in [0.3, 0.4) is 0 Å². The summed E-state index contributed by atoms with van der Waals surface area (Å²) in [5.74, 6) is -0.264. The fourth-order valence-corrected chi connectivity index (χ4v) is 5.57. The normalized spacial score (nSPS) is 15.9. The van der Waals surface area contributed by atoms with Crippen molar-refractivity contribution in [1.29, 1.82) is 0 Å². The third kappa shape index (κ3) is 5.73. The number of benzene rings is 3. The molecule has 4 rings (SSSR count). The summed E-state index contributed by atoms with van der Waals surface area (Å²) < 4.78 is 47.7. The van der Waals surface area contributed by atoms with Crippen molar-refractivity contribution in [2.24, 2.45) is 5.10 Å². The Morgan fingerprint density at radius 3 is 2.51 bits per heavy atom. The van der Waals surface area contributed by atoms with Crippen molar-refractivity contribution in [2.75, 3.05) is 18.2 Å². The molecule has 11 heteroatoms. The Morgan fingerprint density at radius 2 is 1.83 bits per heavy atom. The van der Waals surface area contributed by atoms with E-state index in [9.17, 15) is 12.8 Å². The maximum absolute atomic E-state index is 14.3. The van der Waals surface area contributed by atoms with Crippen molar-refractivity contribution in [1.82, 2.24) is 4.72 Å². The van der Waals surface area contributed by atoms with Crippen LogP contribution >= 0.6 is 34.8 Å². The predicted molar refractivity (Wildman–Crippen MR) is 138 cm³/mol. The van der Waals surface area contributed by atoms with Crippen LogP contribution in [0.4, 0.5) is 10.1 Å². The lowest BCUT2D eigenvalue weighted by atomic mass is 10.0. The zero-order valence-corrected chi connectivity index (χ0v) is 21.6. The minimum atomic E-state index is -4.16. The summed E-state index contributed by atoms with van der Waals surface area (Å²) in [5.41, 5.74) is 2.09. The van der Waals surface area contributed by atoms with E-state index < -0.39 is 20.7 Å². The van der Waals surface area contributed by atoms with E-state index in [1.807, 2.05) is 31.2 Å². The first-order valence-electron chi connectivity index (χ1n) is 10.7. The Morgan fingerprint density at radius 1 is 1.09 bits per heavy atom. The molecule has 0 fully saturated rings. The van der Waals surface area contributed by atoms with Crippen LogP contribution in [-0.4, -0.2) is 27.3 Å². The van der Waals surface area contributed by atoms with Crippen LogP contribution in [0.5, 0.6) is 5.75 Å². The van der Waals surface area contributed by atoms with E-state index in [1.165, 1.54) is 12.1 Å². The van der Waals surface area contributed by atoms with Crippen molar-refractivity contribution < 1.29 is 17.5 Å². The van der Waals surface area contributed by atoms with Crippen molar-refractivity contribution in [3.63, 3.8) is 0 Å². The van der Waals surface area contributed by atoms with E-state index in [0.29, 0.717) is 34.5 Å². The second-order valence-electron chi connectivity index (χ2n) is 7.71. The van der Waals surface area contributed by atoms with Crippen molar-refractivity contribution in [2.45, 2.75) is 24.3 Å². The molecule has 0 amide bonds. The highest BCUT2D eigenvalue weighted by Gasteiger charge is 2.31. The zero-order chi connectivity index (χ0) is 25.2. The van der Waals surface area contributed by atoms with Crippen LogP contribution in [0.25, 0.3) is 0 Å². The minimum absolute atomic E-state index is 0.122. The molecule has 0 unspecified atom stereocenters. The molecule has 0 aromatic heterocycles. The lowest BCUT2D eigenvalue weighted by molar-refractivity contribution is 0.340. The summed E-state index contributed by atoms with van der Waals surface area (Å²) in [6, 6.07) is 16.2. The highest BCUT2D eigenvalue weighted by atomic mass is 35.5. The molecule has 0 radical (unpaired) electrons. The number of hydrogen-bond acceptors (Lipinski definition) is 5. The molecular formula is C24H21Cl3FN3O3S. The number of sulfonamides is 1. The van der Waals surface area contributed by atoms with Gasteiger partial charge in [-0.15, -0.1) is 0 Å². The maximum atomic E-state index is 14.3. The molecule has 184 valence electrons. The molecule has 3 aromatic rings. The topological polar surface area (TPSA) is 71.0 Å². The molecule has 1 atom stereocenters.